The van der Waals surface area contributed by atoms with Crippen molar-refractivity contribution in [3.8, 4) is 0 Å². The lowest BCUT2D eigenvalue weighted by Gasteiger charge is -2.12. The molecule has 0 bridgehead atoms. The second kappa shape index (κ2) is 8.41. The largest absolute Gasteiger partial charge is 0.351 e. The highest BCUT2D eigenvalue weighted by atomic mass is 32.2. The van der Waals surface area contributed by atoms with Gasteiger partial charge >= 0.3 is 0 Å². The molecule has 1 amide bonds. The Morgan fingerprint density at radius 1 is 1.17 bits per heavy atom. The average Bonchev–Trinajstić information content (AvgIpc) is 3.03. The van der Waals surface area contributed by atoms with Gasteiger partial charge in [0.2, 0.25) is 15.9 Å². The first kappa shape index (κ1) is 18.6. The molecular formula is C17H22N2O3S2. The molecule has 0 saturated heterocycles. The molecule has 0 fully saturated rings. The van der Waals surface area contributed by atoms with E-state index < -0.39 is 10.0 Å². The lowest BCUT2D eigenvalue weighted by Crippen LogP contribution is -2.25. The minimum atomic E-state index is -3.50. The third-order valence-electron chi connectivity index (χ3n) is 3.65. The van der Waals surface area contributed by atoms with Gasteiger partial charge in [0.15, 0.2) is 0 Å². The number of sulfonamides is 1. The normalized spacial score (nSPS) is 12.8. The first-order chi connectivity index (χ1) is 11.4. The number of nitrogens with one attached hydrogen (secondary N) is 2. The molecule has 2 aromatic rings. The monoisotopic (exact) mass is 366 g/mol. The van der Waals surface area contributed by atoms with Gasteiger partial charge in [-0.1, -0.05) is 37.3 Å². The predicted octanol–water partition coefficient (Wildman–Crippen LogP) is 2.86. The molecule has 5 nitrogen and oxygen atoms in total. The van der Waals surface area contributed by atoms with E-state index in [1.807, 2.05) is 30.3 Å². The summed E-state index contributed by atoms with van der Waals surface area (Å²) in [6, 6.07) is 13.3. The molecule has 2 N–H and O–H groups in total. The summed E-state index contributed by atoms with van der Waals surface area (Å²) in [7, 11) is -3.50. The number of thiophene rings is 1. The Morgan fingerprint density at radius 3 is 2.54 bits per heavy atom. The van der Waals surface area contributed by atoms with E-state index in [0.717, 1.165) is 11.3 Å². The van der Waals surface area contributed by atoms with Gasteiger partial charge in [-0.3, -0.25) is 4.79 Å². The number of hydrogen-bond acceptors (Lipinski definition) is 4. The van der Waals surface area contributed by atoms with E-state index >= 15 is 0 Å². The maximum Gasteiger partial charge on any atom is 0.250 e. The van der Waals surface area contributed by atoms with Crippen LogP contribution in [0.15, 0.2) is 46.7 Å². The fraction of sp³-hybridized carbons (Fsp3) is 0.353. The number of hydrogen-bond donors (Lipinski definition) is 2. The number of benzene rings is 1. The second-order valence-electron chi connectivity index (χ2n) is 5.63. The molecule has 2 rings (SSSR count). The zero-order chi connectivity index (χ0) is 17.6. The molecule has 24 heavy (non-hydrogen) atoms. The van der Waals surface area contributed by atoms with Gasteiger partial charge in [-0.15, -0.1) is 11.3 Å². The predicted molar refractivity (Wildman–Crippen MR) is 96.5 cm³/mol. The van der Waals surface area contributed by atoms with Crippen molar-refractivity contribution in [2.24, 2.45) is 0 Å². The van der Waals surface area contributed by atoms with Crippen molar-refractivity contribution in [3.05, 3.63) is 52.9 Å². The molecule has 1 aromatic heterocycles. The summed E-state index contributed by atoms with van der Waals surface area (Å²) in [6.45, 7) is 4.25. The van der Waals surface area contributed by atoms with E-state index in [9.17, 15) is 13.2 Å². The third kappa shape index (κ3) is 5.43. The van der Waals surface area contributed by atoms with Gasteiger partial charge in [0, 0.05) is 18.3 Å². The van der Waals surface area contributed by atoms with Crippen molar-refractivity contribution in [2.75, 3.05) is 6.54 Å². The minimum Gasteiger partial charge on any atom is -0.351 e. The molecule has 0 aliphatic heterocycles. The van der Waals surface area contributed by atoms with Gasteiger partial charge in [-0.25, -0.2) is 13.1 Å². The van der Waals surface area contributed by atoms with Gasteiger partial charge in [0.05, 0.1) is 6.54 Å². The smallest absolute Gasteiger partial charge is 0.250 e. The van der Waals surface area contributed by atoms with E-state index in [1.54, 1.807) is 12.1 Å². The lowest BCUT2D eigenvalue weighted by atomic mass is 9.98. The molecule has 0 aliphatic carbocycles. The Morgan fingerprint density at radius 2 is 1.88 bits per heavy atom. The first-order valence-corrected chi connectivity index (χ1v) is 10.1. The van der Waals surface area contributed by atoms with Crippen LogP contribution in [0.2, 0.25) is 0 Å². The summed E-state index contributed by atoms with van der Waals surface area (Å²) >= 11 is 1.17. The quantitative estimate of drug-likeness (QED) is 0.754. The summed E-state index contributed by atoms with van der Waals surface area (Å²) in [4.78, 5) is 11.7. The van der Waals surface area contributed by atoms with E-state index in [0.29, 0.717) is 13.1 Å². The molecule has 7 heteroatoms. The van der Waals surface area contributed by atoms with Gasteiger partial charge in [-0.2, -0.15) is 0 Å². The molecule has 1 atom stereocenters. The number of carbonyl (C=O) groups excluding carboxylic acids is 1. The highest BCUT2D eigenvalue weighted by Gasteiger charge is 2.17. The van der Waals surface area contributed by atoms with Gasteiger partial charge in [-0.05, 0) is 30.0 Å². The van der Waals surface area contributed by atoms with Crippen molar-refractivity contribution < 1.29 is 13.2 Å². The van der Waals surface area contributed by atoms with Crippen LogP contribution >= 0.6 is 11.3 Å². The third-order valence-corrected chi connectivity index (χ3v) is 6.69. The van der Waals surface area contributed by atoms with Crippen molar-refractivity contribution in [1.29, 1.82) is 0 Å². The summed E-state index contributed by atoms with van der Waals surface area (Å²) in [5, 5.41) is 2.66. The average molecular weight is 367 g/mol. The molecule has 0 spiro atoms. The van der Waals surface area contributed by atoms with E-state index in [-0.39, 0.29) is 16.0 Å². The maximum atomic E-state index is 12.3. The fourth-order valence-electron chi connectivity index (χ4n) is 2.24. The van der Waals surface area contributed by atoms with Crippen LogP contribution in [-0.4, -0.2) is 20.9 Å². The number of rotatable bonds is 8. The molecule has 1 heterocycles. The summed E-state index contributed by atoms with van der Waals surface area (Å²) in [6.07, 6.45) is 0.730. The highest BCUT2D eigenvalue weighted by Crippen LogP contribution is 2.22. The van der Waals surface area contributed by atoms with Crippen molar-refractivity contribution in [1.82, 2.24) is 10.0 Å². The molecule has 130 valence electrons. The van der Waals surface area contributed by atoms with E-state index in [2.05, 4.69) is 17.0 Å². The molecule has 0 saturated carbocycles. The van der Waals surface area contributed by atoms with Crippen molar-refractivity contribution in [3.63, 3.8) is 0 Å². The van der Waals surface area contributed by atoms with E-state index in [4.69, 9.17) is 0 Å². The van der Waals surface area contributed by atoms with Crippen LogP contribution < -0.4 is 10.0 Å². The van der Waals surface area contributed by atoms with Crippen LogP contribution in [0.25, 0.3) is 0 Å². The Kier molecular flexibility index (Phi) is 6.53. The first-order valence-electron chi connectivity index (χ1n) is 7.76. The van der Waals surface area contributed by atoms with Crippen LogP contribution in [0.3, 0.4) is 0 Å². The minimum absolute atomic E-state index is 0.138. The molecule has 0 aliphatic rings. The number of amides is 1. The van der Waals surface area contributed by atoms with Crippen LogP contribution in [0, 0.1) is 0 Å². The van der Waals surface area contributed by atoms with Crippen molar-refractivity contribution in [2.45, 2.75) is 36.9 Å². The van der Waals surface area contributed by atoms with Gasteiger partial charge in [0.1, 0.15) is 4.21 Å². The fourth-order valence-corrected chi connectivity index (χ4v) is 4.63. The SMILES string of the molecule is CC(=O)NCc1ccc(S(=O)(=O)NCCC(C)c2ccccc2)s1. The van der Waals surface area contributed by atoms with Crippen LogP contribution in [-0.2, 0) is 21.4 Å². The van der Waals surface area contributed by atoms with Gasteiger partial charge in [0.25, 0.3) is 0 Å². The Labute approximate surface area is 147 Å². The highest BCUT2D eigenvalue weighted by molar-refractivity contribution is 7.91. The van der Waals surface area contributed by atoms with Crippen LogP contribution in [0.5, 0.6) is 0 Å². The summed E-state index contributed by atoms with van der Waals surface area (Å²) in [5.41, 5.74) is 1.20. The standard InChI is InChI=1S/C17H22N2O3S2/c1-13(15-6-4-3-5-7-15)10-11-19-24(21,22)17-9-8-16(23-17)12-18-14(2)20/h3-9,13,19H,10-12H2,1-2H3,(H,18,20). The molecule has 1 unspecified atom stereocenters. The number of carbonyl (C=O) groups is 1. The van der Waals surface area contributed by atoms with E-state index in [1.165, 1.54) is 23.8 Å². The lowest BCUT2D eigenvalue weighted by molar-refractivity contribution is -0.119. The summed E-state index contributed by atoms with van der Waals surface area (Å²) in [5.74, 6) is 0.147. The summed E-state index contributed by atoms with van der Waals surface area (Å²) < 4.78 is 27.6. The Balaban J connectivity index is 1.88. The molecular weight excluding hydrogens is 344 g/mol. The molecule has 1 aromatic carbocycles. The Hall–Kier alpha value is -1.70. The topological polar surface area (TPSA) is 75.3 Å². The van der Waals surface area contributed by atoms with Crippen molar-refractivity contribution >= 4 is 27.3 Å². The zero-order valence-corrected chi connectivity index (χ0v) is 15.4. The maximum absolute atomic E-state index is 12.3. The van der Waals surface area contributed by atoms with Crippen LogP contribution in [0.1, 0.15) is 36.6 Å². The second-order valence-corrected chi connectivity index (χ2v) is 8.79. The zero-order valence-electron chi connectivity index (χ0n) is 13.8. The Bertz CT molecular complexity index is 770. The van der Waals surface area contributed by atoms with Gasteiger partial charge < -0.3 is 5.32 Å². The molecule has 0 radical (unpaired) electrons. The van der Waals surface area contributed by atoms with Crippen LogP contribution in [0.4, 0.5) is 0 Å².